The Balaban J connectivity index is 2.03. The Morgan fingerprint density at radius 3 is 2.84 bits per heavy atom. The van der Waals surface area contributed by atoms with Gasteiger partial charge in [-0.25, -0.2) is 4.79 Å². The smallest absolute Gasteiger partial charge is 0.323 e. The molecule has 0 unspecified atom stereocenters. The van der Waals surface area contributed by atoms with Gasteiger partial charge in [-0.05, 0) is 24.6 Å². The van der Waals surface area contributed by atoms with Crippen molar-refractivity contribution in [3.63, 3.8) is 0 Å². The monoisotopic (exact) mass is 259 g/mol. The van der Waals surface area contributed by atoms with E-state index in [1.807, 2.05) is 31.2 Å². The summed E-state index contributed by atoms with van der Waals surface area (Å²) in [5.74, 6) is 0. The minimum atomic E-state index is -0.301. The highest BCUT2D eigenvalue weighted by Gasteiger charge is 2.07. The average Bonchev–Trinajstić information content (AvgIpc) is 2.68. The molecule has 2 amide bonds. The standard InChI is InChI=1S/C13H17N5O/c1-9-12(8-18(2)17-9)16-13(19)15-11-5-3-4-10(6-11)7-14/h3-6,8H,7,14H2,1-2H3,(H2,15,16,19). The number of nitrogens with one attached hydrogen (secondary N) is 2. The van der Waals surface area contributed by atoms with E-state index in [2.05, 4.69) is 15.7 Å². The third-order valence-corrected chi connectivity index (χ3v) is 2.68. The number of hydrogen-bond donors (Lipinski definition) is 3. The molecule has 0 radical (unpaired) electrons. The zero-order valence-electron chi connectivity index (χ0n) is 11.0. The maximum Gasteiger partial charge on any atom is 0.323 e. The summed E-state index contributed by atoms with van der Waals surface area (Å²) in [6.45, 7) is 2.28. The Hall–Kier alpha value is -2.34. The van der Waals surface area contributed by atoms with Crippen molar-refractivity contribution < 1.29 is 4.79 Å². The first-order valence-corrected chi connectivity index (χ1v) is 5.95. The number of urea groups is 1. The van der Waals surface area contributed by atoms with Gasteiger partial charge in [0.1, 0.15) is 0 Å². The topological polar surface area (TPSA) is 85.0 Å². The summed E-state index contributed by atoms with van der Waals surface area (Å²) in [4.78, 5) is 11.9. The summed E-state index contributed by atoms with van der Waals surface area (Å²) in [6, 6.07) is 7.12. The van der Waals surface area contributed by atoms with Gasteiger partial charge in [0, 0.05) is 25.5 Å². The highest BCUT2D eigenvalue weighted by molar-refractivity contribution is 6.00. The molecule has 6 heteroatoms. The molecular formula is C13H17N5O. The molecule has 0 fully saturated rings. The van der Waals surface area contributed by atoms with Crippen LogP contribution in [0.15, 0.2) is 30.5 Å². The van der Waals surface area contributed by atoms with E-state index in [4.69, 9.17) is 5.73 Å². The first-order chi connectivity index (χ1) is 9.08. The van der Waals surface area contributed by atoms with Gasteiger partial charge in [-0.15, -0.1) is 0 Å². The van der Waals surface area contributed by atoms with Gasteiger partial charge in [0.05, 0.1) is 11.4 Å². The van der Waals surface area contributed by atoms with Gasteiger partial charge in [-0.3, -0.25) is 4.68 Å². The maximum atomic E-state index is 11.9. The van der Waals surface area contributed by atoms with Gasteiger partial charge in [-0.1, -0.05) is 12.1 Å². The predicted octanol–water partition coefficient (Wildman–Crippen LogP) is 1.83. The molecule has 0 atom stereocenters. The Morgan fingerprint density at radius 2 is 2.21 bits per heavy atom. The second kappa shape index (κ2) is 5.53. The van der Waals surface area contributed by atoms with Gasteiger partial charge in [0.25, 0.3) is 0 Å². The summed E-state index contributed by atoms with van der Waals surface area (Å²) in [7, 11) is 1.81. The van der Waals surface area contributed by atoms with Crippen LogP contribution in [0.3, 0.4) is 0 Å². The van der Waals surface area contributed by atoms with Crippen molar-refractivity contribution in [2.24, 2.45) is 12.8 Å². The van der Waals surface area contributed by atoms with Crippen LogP contribution >= 0.6 is 0 Å². The zero-order valence-corrected chi connectivity index (χ0v) is 11.0. The molecule has 1 heterocycles. The van der Waals surface area contributed by atoms with Gasteiger partial charge >= 0.3 is 6.03 Å². The van der Waals surface area contributed by atoms with Crippen LogP contribution < -0.4 is 16.4 Å². The largest absolute Gasteiger partial charge is 0.326 e. The number of aryl methyl sites for hydroxylation is 2. The third-order valence-electron chi connectivity index (χ3n) is 2.68. The van der Waals surface area contributed by atoms with E-state index in [0.29, 0.717) is 17.9 Å². The van der Waals surface area contributed by atoms with Crippen molar-refractivity contribution in [2.75, 3.05) is 10.6 Å². The van der Waals surface area contributed by atoms with E-state index in [1.165, 1.54) is 0 Å². The number of amides is 2. The summed E-state index contributed by atoms with van der Waals surface area (Å²) < 4.78 is 1.65. The molecule has 0 aliphatic carbocycles. The number of rotatable bonds is 3. The van der Waals surface area contributed by atoms with E-state index in [1.54, 1.807) is 17.9 Å². The lowest BCUT2D eigenvalue weighted by molar-refractivity contribution is 0.262. The highest BCUT2D eigenvalue weighted by Crippen LogP contribution is 2.13. The first kappa shape index (κ1) is 13.1. The SMILES string of the molecule is Cc1nn(C)cc1NC(=O)Nc1cccc(CN)c1. The van der Waals surface area contributed by atoms with E-state index in [9.17, 15) is 4.79 Å². The first-order valence-electron chi connectivity index (χ1n) is 5.95. The van der Waals surface area contributed by atoms with Crippen molar-refractivity contribution in [3.8, 4) is 0 Å². The Labute approximate surface area is 111 Å². The lowest BCUT2D eigenvalue weighted by Gasteiger charge is -2.07. The fraction of sp³-hybridized carbons (Fsp3) is 0.231. The molecule has 0 saturated heterocycles. The van der Waals surface area contributed by atoms with Crippen LogP contribution in [-0.2, 0) is 13.6 Å². The van der Waals surface area contributed by atoms with Crippen molar-refractivity contribution in [3.05, 3.63) is 41.7 Å². The van der Waals surface area contributed by atoms with Crippen molar-refractivity contribution in [1.29, 1.82) is 0 Å². The average molecular weight is 259 g/mol. The van der Waals surface area contributed by atoms with Crippen LogP contribution in [0.25, 0.3) is 0 Å². The minimum absolute atomic E-state index is 0.301. The number of benzene rings is 1. The van der Waals surface area contributed by atoms with Crippen LogP contribution in [0.5, 0.6) is 0 Å². The number of nitrogens with two attached hydrogens (primary N) is 1. The summed E-state index contributed by atoms with van der Waals surface area (Å²) >= 11 is 0. The molecule has 100 valence electrons. The molecule has 1 aromatic carbocycles. The molecule has 2 aromatic rings. The number of carbonyl (C=O) groups excluding carboxylic acids is 1. The van der Waals surface area contributed by atoms with Gasteiger partial charge in [0.2, 0.25) is 0 Å². The number of anilines is 2. The molecule has 0 saturated carbocycles. The third kappa shape index (κ3) is 3.32. The van der Waals surface area contributed by atoms with Crippen molar-refractivity contribution >= 4 is 17.4 Å². The second-order valence-corrected chi connectivity index (χ2v) is 4.29. The second-order valence-electron chi connectivity index (χ2n) is 4.29. The molecule has 19 heavy (non-hydrogen) atoms. The van der Waals surface area contributed by atoms with Gasteiger partial charge in [-0.2, -0.15) is 5.10 Å². The maximum absolute atomic E-state index is 11.9. The highest BCUT2D eigenvalue weighted by atomic mass is 16.2. The van der Waals surface area contributed by atoms with Crippen LogP contribution in [-0.4, -0.2) is 15.8 Å². The van der Waals surface area contributed by atoms with Crippen molar-refractivity contribution in [1.82, 2.24) is 9.78 Å². The van der Waals surface area contributed by atoms with Crippen LogP contribution in [0.2, 0.25) is 0 Å². The predicted molar refractivity (Wildman–Crippen MR) is 74.9 cm³/mol. The van der Waals surface area contributed by atoms with Crippen LogP contribution in [0.4, 0.5) is 16.2 Å². The number of carbonyl (C=O) groups is 1. The normalized spacial score (nSPS) is 10.3. The van der Waals surface area contributed by atoms with Crippen LogP contribution in [0.1, 0.15) is 11.3 Å². The number of aromatic nitrogens is 2. The number of hydrogen-bond acceptors (Lipinski definition) is 3. The Bertz CT molecular complexity index is 590. The van der Waals surface area contributed by atoms with Gasteiger partial charge < -0.3 is 16.4 Å². The Morgan fingerprint density at radius 1 is 1.42 bits per heavy atom. The molecule has 0 aliphatic heterocycles. The molecular weight excluding hydrogens is 242 g/mol. The van der Waals surface area contributed by atoms with E-state index >= 15 is 0 Å². The fourth-order valence-corrected chi connectivity index (χ4v) is 1.78. The minimum Gasteiger partial charge on any atom is -0.326 e. The molecule has 1 aromatic heterocycles. The molecule has 0 bridgehead atoms. The quantitative estimate of drug-likeness (QED) is 0.786. The molecule has 4 N–H and O–H groups in total. The molecule has 2 rings (SSSR count). The Kier molecular flexibility index (Phi) is 3.82. The summed E-state index contributed by atoms with van der Waals surface area (Å²) in [5.41, 5.74) is 8.70. The summed E-state index contributed by atoms with van der Waals surface area (Å²) in [5, 5.41) is 9.67. The molecule has 6 nitrogen and oxygen atoms in total. The van der Waals surface area contributed by atoms with Crippen LogP contribution in [0, 0.1) is 6.92 Å². The molecule has 0 spiro atoms. The van der Waals surface area contributed by atoms with E-state index < -0.39 is 0 Å². The van der Waals surface area contributed by atoms with E-state index in [-0.39, 0.29) is 6.03 Å². The zero-order chi connectivity index (χ0) is 13.8. The van der Waals surface area contributed by atoms with Crippen molar-refractivity contribution in [2.45, 2.75) is 13.5 Å². The number of nitrogens with zero attached hydrogens (tertiary/aromatic N) is 2. The molecule has 0 aliphatic rings. The lowest BCUT2D eigenvalue weighted by Crippen LogP contribution is -2.19. The van der Waals surface area contributed by atoms with Gasteiger partial charge in [0.15, 0.2) is 0 Å². The fourth-order valence-electron chi connectivity index (χ4n) is 1.78. The van der Waals surface area contributed by atoms with E-state index in [0.717, 1.165) is 11.3 Å². The lowest BCUT2D eigenvalue weighted by atomic mass is 10.2. The summed E-state index contributed by atoms with van der Waals surface area (Å²) in [6.07, 6.45) is 1.76.